The summed E-state index contributed by atoms with van der Waals surface area (Å²) in [5.41, 5.74) is 17.3. The number of nitrogens with zero attached hydrogens (tertiary/aromatic N) is 3. The summed E-state index contributed by atoms with van der Waals surface area (Å²) < 4.78 is 2.46. The second kappa shape index (κ2) is 17.6. The van der Waals surface area contributed by atoms with Gasteiger partial charge in [-0.3, -0.25) is 0 Å². The summed E-state index contributed by atoms with van der Waals surface area (Å²) in [6.07, 6.45) is 6.40. The van der Waals surface area contributed by atoms with Gasteiger partial charge in [-0.2, -0.15) is 0 Å². The van der Waals surface area contributed by atoms with Crippen molar-refractivity contribution in [1.82, 2.24) is 4.57 Å². The van der Waals surface area contributed by atoms with Crippen molar-refractivity contribution in [2.75, 3.05) is 9.80 Å². The number of hydrogen-bond acceptors (Lipinski definition) is 2. The second-order valence-electron chi connectivity index (χ2n) is 19.7. The fourth-order valence-electron chi connectivity index (χ4n) is 11.8. The van der Waals surface area contributed by atoms with E-state index in [1.165, 1.54) is 65.4 Å². The topological polar surface area (TPSA) is 11.4 Å². The fourth-order valence-corrected chi connectivity index (χ4v) is 11.8. The predicted molar refractivity (Wildman–Crippen MR) is 313 cm³/mol. The molecule has 0 spiro atoms. The maximum Gasteiger partial charge on any atom is 0.0542 e. The summed E-state index contributed by atoms with van der Waals surface area (Å²) in [6, 6.07) is 86.8. The van der Waals surface area contributed by atoms with Crippen molar-refractivity contribution < 1.29 is 0 Å². The Morgan fingerprint density at radius 3 is 1.41 bits per heavy atom. The van der Waals surface area contributed by atoms with Gasteiger partial charge in [0.2, 0.25) is 0 Å². The number of para-hydroxylation sites is 3. The maximum atomic E-state index is 4.23. The maximum absolute atomic E-state index is 4.23. The Morgan fingerprint density at radius 1 is 0.397 bits per heavy atom. The molecule has 0 fully saturated rings. The van der Waals surface area contributed by atoms with E-state index in [1.807, 2.05) is 6.08 Å². The molecule has 12 aromatic rings. The molecule has 348 valence electrons. The average Bonchev–Trinajstić information content (AvgIpc) is 3.88. The van der Waals surface area contributed by atoms with Crippen molar-refractivity contribution in [2.45, 2.75) is 26.2 Å². The number of anilines is 6. The van der Waals surface area contributed by atoms with E-state index in [2.05, 4.69) is 290 Å². The van der Waals surface area contributed by atoms with Gasteiger partial charge >= 0.3 is 0 Å². The molecule has 0 unspecified atom stereocenters. The highest BCUT2D eigenvalue weighted by atomic mass is 15.1. The molecule has 1 aromatic heterocycles. The van der Waals surface area contributed by atoms with Crippen LogP contribution in [0.3, 0.4) is 0 Å². The quantitative estimate of drug-likeness (QED) is 0.127. The van der Waals surface area contributed by atoms with Crippen molar-refractivity contribution >= 4 is 93.8 Å². The van der Waals surface area contributed by atoms with Gasteiger partial charge in [0.1, 0.15) is 0 Å². The summed E-state index contributed by atoms with van der Waals surface area (Å²) in [5.74, 6) is 0. The Balaban J connectivity index is 0.969. The van der Waals surface area contributed by atoms with Gasteiger partial charge in [0, 0.05) is 56.0 Å². The lowest BCUT2D eigenvalue weighted by molar-refractivity contribution is 0.654. The third-order valence-electron chi connectivity index (χ3n) is 15.2. The number of allylic oxidation sites excluding steroid dienone is 5. The third-order valence-corrected chi connectivity index (χ3v) is 15.2. The number of benzene rings is 11. The van der Waals surface area contributed by atoms with E-state index < -0.39 is 0 Å². The van der Waals surface area contributed by atoms with Crippen molar-refractivity contribution in [2.24, 2.45) is 0 Å². The van der Waals surface area contributed by atoms with E-state index in [9.17, 15) is 0 Å². The zero-order chi connectivity index (χ0) is 49.2. The molecular formula is C70H53N3. The predicted octanol–water partition coefficient (Wildman–Crippen LogP) is 19.7. The first kappa shape index (κ1) is 43.8. The molecule has 0 N–H and O–H groups in total. The van der Waals surface area contributed by atoms with Gasteiger partial charge in [-0.25, -0.2) is 0 Å². The molecular weight excluding hydrogens is 883 g/mol. The fraction of sp³-hybridized carbons (Fsp3) is 0.0571. The molecule has 0 bridgehead atoms. The molecule has 73 heavy (non-hydrogen) atoms. The molecule has 0 amide bonds. The minimum Gasteiger partial charge on any atom is -0.310 e. The first-order valence-corrected chi connectivity index (χ1v) is 25.3. The zero-order valence-electron chi connectivity index (χ0n) is 41.3. The van der Waals surface area contributed by atoms with Crippen LogP contribution in [0, 0.1) is 0 Å². The minimum atomic E-state index is -0.172. The van der Waals surface area contributed by atoms with Gasteiger partial charge in [-0.05, 0) is 176 Å². The lowest BCUT2D eigenvalue weighted by atomic mass is 9.80. The number of aromatic nitrogens is 1. The second-order valence-corrected chi connectivity index (χ2v) is 19.7. The summed E-state index contributed by atoms with van der Waals surface area (Å²) in [5, 5.41) is 9.98. The monoisotopic (exact) mass is 935 g/mol. The Hall–Kier alpha value is -9.18. The molecule has 11 aromatic carbocycles. The Labute approximate surface area is 427 Å². The Bertz CT molecular complexity index is 4100. The molecule has 0 saturated heterocycles. The lowest BCUT2D eigenvalue weighted by Crippen LogP contribution is -2.17. The molecule has 3 heteroatoms. The largest absolute Gasteiger partial charge is 0.310 e. The first-order valence-electron chi connectivity index (χ1n) is 25.3. The van der Waals surface area contributed by atoms with Crippen molar-refractivity contribution in [3.8, 4) is 16.8 Å². The standard InChI is InChI=1S/C70H53N3/c1-5-20-66-56(6-2)62-40-37-55(46-67(62)70(66,3)4)72(51-25-14-9-15-26-51)52-34-31-47(32-35-52)48-33-41-68-64(43-48)65-45-53(71(49-21-10-7-11-22-49)50-23-12-8-13-24-50)38-42-69(65)73(68)54-36-39-61-59-29-17-16-27-57(59)58-28-18-19-30-60(58)63(61)44-54/h5-46H,2H2,1,3-4H3/b20-5-. The van der Waals surface area contributed by atoms with Crippen molar-refractivity contribution in [3.63, 3.8) is 0 Å². The molecule has 13 rings (SSSR count). The van der Waals surface area contributed by atoms with Crippen LogP contribution < -0.4 is 9.80 Å². The molecule has 3 nitrogen and oxygen atoms in total. The summed E-state index contributed by atoms with van der Waals surface area (Å²) in [7, 11) is 0. The van der Waals surface area contributed by atoms with Crippen LogP contribution in [0.5, 0.6) is 0 Å². The van der Waals surface area contributed by atoms with E-state index in [4.69, 9.17) is 0 Å². The van der Waals surface area contributed by atoms with Crippen LogP contribution in [0.1, 0.15) is 31.9 Å². The Morgan fingerprint density at radius 2 is 0.849 bits per heavy atom. The van der Waals surface area contributed by atoms with Gasteiger partial charge in [0.15, 0.2) is 0 Å². The van der Waals surface area contributed by atoms with Crippen LogP contribution in [-0.4, -0.2) is 4.57 Å². The lowest BCUT2D eigenvalue weighted by Gasteiger charge is -2.28. The van der Waals surface area contributed by atoms with Gasteiger partial charge in [0.05, 0.1) is 11.0 Å². The SMILES string of the molecule is C=CC1=C(/C=C\C)C(C)(C)c2cc(N(c3ccccc3)c3ccc(-c4ccc5c(c4)c4cc(N(c6ccccc6)c6ccccc6)ccc4n5-c4ccc5c6ccccc6c6ccccc6c5c4)cc3)ccc21. The van der Waals surface area contributed by atoms with Crippen LogP contribution in [-0.2, 0) is 5.41 Å². The van der Waals surface area contributed by atoms with Crippen molar-refractivity contribution in [3.05, 3.63) is 278 Å². The molecule has 0 saturated carbocycles. The summed E-state index contributed by atoms with van der Waals surface area (Å²) in [4.78, 5) is 4.73. The normalized spacial score (nSPS) is 13.2. The summed E-state index contributed by atoms with van der Waals surface area (Å²) in [6.45, 7) is 11.0. The van der Waals surface area contributed by atoms with Crippen molar-refractivity contribution in [1.29, 1.82) is 0 Å². The number of hydrogen-bond donors (Lipinski definition) is 0. The molecule has 1 aliphatic rings. The first-order chi connectivity index (χ1) is 35.9. The smallest absolute Gasteiger partial charge is 0.0542 e. The van der Waals surface area contributed by atoms with E-state index in [1.54, 1.807) is 0 Å². The molecule has 1 heterocycles. The molecule has 1 aliphatic carbocycles. The van der Waals surface area contributed by atoms with Gasteiger partial charge in [0.25, 0.3) is 0 Å². The van der Waals surface area contributed by atoms with Gasteiger partial charge in [-0.15, -0.1) is 0 Å². The molecule has 0 radical (unpaired) electrons. The van der Waals surface area contributed by atoms with E-state index >= 15 is 0 Å². The minimum absolute atomic E-state index is 0.172. The summed E-state index contributed by atoms with van der Waals surface area (Å²) >= 11 is 0. The number of rotatable bonds is 10. The van der Waals surface area contributed by atoms with Crippen LogP contribution in [0.4, 0.5) is 34.1 Å². The molecule has 0 aliphatic heterocycles. The van der Waals surface area contributed by atoms with E-state index in [-0.39, 0.29) is 5.41 Å². The highest BCUT2D eigenvalue weighted by Gasteiger charge is 2.36. The van der Waals surface area contributed by atoms with E-state index in [0.717, 1.165) is 62.0 Å². The zero-order valence-corrected chi connectivity index (χ0v) is 41.3. The van der Waals surface area contributed by atoms with Gasteiger partial charge < -0.3 is 14.4 Å². The highest BCUT2D eigenvalue weighted by Crippen LogP contribution is 2.50. The van der Waals surface area contributed by atoms with Crippen LogP contribution >= 0.6 is 0 Å². The third kappa shape index (κ3) is 7.19. The highest BCUT2D eigenvalue weighted by molar-refractivity contribution is 6.25. The van der Waals surface area contributed by atoms with Gasteiger partial charge in [-0.1, -0.05) is 172 Å². The molecule has 0 atom stereocenters. The average molecular weight is 936 g/mol. The van der Waals surface area contributed by atoms with Crippen LogP contribution in [0.25, 0.3) is 76.5 Å². The van der Waals surface area contributed by atoms with Crippen LogP contribution in [0.15, 0.2) is 267 Å². The number of fused-ring (bicyclic) bond motifs is 10. The van der Waals surface area contributed by atoms with Crippen LogP contribution in [0.2, 0.25) is 0 Å². The Kier molecular flexibility index (Phi) is 10.6. The van der Waals surface area contributed by atoms with E-state index in [0.29, 0.717) is 0 Å².